The molecule has 3 aromatic rings. The average molecular weight is 449 g/mol. The minimum absolute atomic E-state index is 0.0311. The molecule has 0 bridgehead atoms. The quantitative estimate of drug-likeness (QED) is 0.556. The zero-order valence-corrected chi connectivity index (χ0v) is 17.3. The lowest BCUT2D eigenvalue weighted by Crippen LogP contribution is -2.15. The van der Waals surface area contributed by atoms with Crippen LogP contribution in [0.15, 0.2) is 59.5 Å². The molecule has 148 valence electrons. The van der Waals surface area contributed by atoms with E-state index >= 15 is 0 Å². The van der Waals surface area contributed by atoms with Gasteiger partial charge in [-0.2, -0.15) is 0 Å². The smallest absolute Gasteiger partial charge is 0.263 e. The van der Waals surface area contributed by atoms with Gasteiger partial charge in [0.05, 0.1) is 16.3 Å². The van der Waals surface area contributed by atoms with E-state index in [1.807, 2.05) is 13.0 Å². The van der Waals surface area contributed by atoms with Gasteiger partial charge < -0.3 is 10.1 Å². The van der Waals surface area contributed by atoms with Crippen LogP contribution in [0.1, 0.15) is 15.9 Å². The van der Waals surface area contributed by atoms with Gasteiger partial charge in [0, 0.05) is 10.7 Å². The van der Waals surface area contributed by atoms with Crippen LogP contribution in [0.5, 0.6) is 11.5 Å². The lowest BCUT2D eigenvalue weighted by molar-refractivity contribution is 0.102. The molecule has 0 aromatic heterocycles. The lowest BCUT2D eigenvalue weighted by Gasteiger charge is -2.12. The van der Waals surface area contributed by atoms with E-state index in [0.29, 0.717) is 17.2 Å². The van der Waals surface area contributed by atoms with Crippen molar-refractivity contribution in [2.24, 2.45) is 0 Å². The van der Waals surface area contributed by atoms with Crippen molar-refractivity contribution in [3.63, 3.8) is 0 Å². The topological polar surface area (TPSA) is 84.5 Å². The van der Waals surface area contributed by atoms with Gasteiger partial charge in [-0.25, -0.2) is 8.42 Å². The van der Waals surface area contributed by atoms with Crippen molar-refractivity contribution < 1.29 is 17.9 Å². The summed E-state index contributed by atoms with van der Waals surface area (Å²) in [4.78, 5) is 12.5. The number of amides is 1. The van der Waals surface area contributed by atoms with Crippen LogP contribution in [-0.4, -0.2) is 14.3 Å². The fourth-order valence-corrected chi connectivity index (χ4v) is 4.70. The molecule has 0 aliphatic carbocycles. The first kappa shape index (κ1) is 19.6. The third kappa shape index (κ3) is 3.89. The van der Waals surface area contributed by atoms with Gasteiger partial charge in [-0.1, -0.05) is 29.3 Å². The molecule has 1 amide bonds. The Morgan fingerprint density at radius 2 is 1.72 bits per heavy atom. The molecular weight excluding hydrogens is 435 g/mol. The first-order valence-electron chi connectivity index (χ1n) is 8.45. The number of ether oxygens (including phenoxy) is 1. The summed E-state index contributed by atoms with van der Waals surface area (Å²) in [5.41, 5.74) is 1.88. The minimum atomic E-state index is -4.02. The largest absolute Gasteiger partial charge is 0.454 e. The Balaban J connectivity index is 1.69. The Labute approximate surface area is 177 Å². The van der Waals surface area contributed by atoms with Gasteiger partial charge in [0.1, 0.15) is 10.6 Å². The number of rotatable bonds is 3. The molecule has 1 aliphatic heterocycles. The Morgan fingerprint density at radius 1 is 0.966 bits per heavy atom. The highest BCUT2D eigenvalue weighted by Crippen LogP contribution is 2.37. The van der Waals surface area contributed by atoms with Crippen molar-refractivity contribution in [2.45, 2.75) is 11.8 Å². The monoisotopic (exact) mass is 448 g/mol. The molecule has 1 heterocycles. The number of aryl methyl sites for hydroxylation is 1. The maximum Gasteiger partial charge on any atom is 0.263 e. The van der Waals surface area contributed by atoms with E-state index in [4.69, 9.17) is 27.9 Å². The maximum absolute atomic E-state index is 12.7. The van der Waals surface area contributed by atoms with Crippen molar-refractivity contribution in [1.29, 1.82) is 0 Å². The van der Waals surface area contributed by atoms with Gasteiger partial charge in [-0.3, -0.25) is 9.52 Å². The number of nitrogens with one attached hydrogen (secondary N) is 2. The fourth-order valence-electron chi connectivity index (χ4n) is 2.89. The molecule has 0 spiro atoms. The molecule has 2 N–H and O–H groups in total. The molecule has 1 aliphatic rings. The van der Waals surface area contributed by atoms with Gasteiger partial charge >= 0.3 is 0 Å². The Bertz CT molecular complexity index is 1260. The van der Waals surface area contributed by atoms with Gasteiger partial charge in [0.2, 0.25) is 0 Å². The Hall–Kier alpha value is -2.74. The normalized spacial score (nSPS) is 12.9. The molecule has 0 saturated carbocycles. The highest BCUT2D eigenvalue weighted by atomic mass is 35.5. The molecule has 0 unspecified atom stereocenters. The molecule has 0 saturated heterocycles. The number of carbonyl (C=O) groups is 1. The number of carbonyl (C=O) groups excluding carboxylic acids is 1. The van der Waals surface area contributed by atoms with E-state index in [0.717, 1.165) is 5.56 Å². The Kier molecular flexibility index (Phi) is 4.90. The van der Waals surface area contributed by atoms with Gasteiger partial charge in [0.15, 0.2) is 5.75 Å². The van der Waals surface area contributed by atoms with Crippen molar-refractivity contribution in [2.75, 3.05) is 10.0 Å². The number of hydrogen-bond donors (Lipinski definition) is 2. The molecule has 6 nitrogen and oxygen atoms in total. The van der Waals surface area contributed by atoms with E-state index in [1.165, 1.54) is 36.4 Å². The number of benzene rings is 3. The summed E-state index contributed by atoms with van der Waals surface area (Å²) >= 11 is 11.9. The minimum Gasteiger partial charge on any atom is -0.454 e. The fraction of sp³-hybridized carbons (Fsp3) is 0.0500. The van der Waals surface area contributed by atoms with Crippen LogP contribution in [0.4, 0.5) is 11.4 Å². The first-order chi connectivity index (χ1) is 13.7. The standard InChI is InChI=1S/C20H14Cl2N2O4S/c1-11-2-6-18-16(8-11)23-20(25)14-10-13(4-7-17(14)28-18)24-29(26,27)19-9-12(21)3-5-15(19)22/h2-10,24H,1H3,(H,23,25). The summed E-state index contributed by atoms with van der Waals surface area (Å²) in [7, 11) is -4.02. The third-order valence-corrected chi connectivity index (χ3v) is 6.36. The van der Waals surface area contributed by atoms with Crippen LogP contribution in [0.2, 0.25) is 10.0 Å². The first-order valence-corrected chi connectivity index (χ1v) is 10.7. The number of sulfonamides is 1. The number of fused-ring (bicyclic) bond motifs is 2. The van der Waals surface area contributed by atoms with Gasteiger partial charge in [-0.05, 0) is 61.0 Å². The van der Waals surface area contributed by atoms with Crippen molar-refractivity contribution in [3.05, 3.63) is 75.8 Å². The Morgan fingerprint density at radius 3 is 2.52 bits per heavy atom. The summed E-state index contributed by atoms with van der Waals surface area (Å²) < 4.78 is 33.7. The van der Waals surface area contributed by atoms with E-state index < -0.39 is 15.9 Å². The molecule has 0 radical (unpaired) electrons. The zero-order valence-electron chi connectivity index (χ0n) is 15.0. The molecule has 3 aromatic carbocycles. The van der Waals surface area contributed by atoms with Crippen LogP contribution >= 0.6 is 23.2 Å². The second-order valence-electron chi connectivity index (χ2n) is 6.45. The predicted octanol–water partition coefficient (Wildman–Crippen LogP) is 5.46. The van der Waals surface area contributed by atoms with Crippen LogP contribution in [0.25, 0.3) is 0 Å². The molecule has 9 heteroatoms. The van der Waals surface area contributed by atoms with Gasteiger partial charge in [-0.15, -0.1) is 0 Å². The van der Waals surface area contributed by atoms with E-state index in [2.05, 4.69) is 10.0 Å². The SMILES string of the molecule is Cc1ccc2c(c1)NC(=O)c1cc(NS(=O)(=O)c3cc(Cl)ccc3Cl)ccc1O2. The molecular formula is C20H14Cl2N2O4S. The molecule has 0 atom stereocenters. The zero-order chi connectivity index (χ0) is 20.8. The van der Waals surface area contributed by atoms with Crippen LogP contribution in [0.3, 0.4) is 0 Å². The van der Waals surface area contributed by atoms with Crippen LogP contribution in [0, 0.1) is 6.92 Å². The number of anilines is 2. The summed E-state index contributed by atoms with van der Waals surface area (Å²) in [5.74, 6) is 0.404. The van der Waals surface area contributed by atoms with Gasteiger partial charge in [0.25, 0.3) is 15.9 Å². The second-order valence-corrected chi connectivity index (χ2v) is 8.94. The molecule has 0 fully saturated rings. The highest BCUT2D eigenvalue weighted by molar-refractivity contribution is 7.92. The third-order valence-electron chi connectivity index (χ3n) is 4.26. The maximum atomic E-state index is 12.7. The van der Waals surface area contributed by atoms with E-state index in [1.54, 1.807) is 12.1 Å². The summed E-state index contributed by atoms with van der Waals surface area (Å²) in [6.45, 7) is 1.90. The number of hydrogen-bond acceptors (Lipinski definition) is 4. The second kappa shape index (κ2) is 7.26. The predicted molar refractivity (Wildman–Crippen MR) is 113 cm³/mol. The summed E-state index contributed by atoms with van der Waals surface area (Å²) in [6, 6.07) is 14.0. The van der Waals surface area contributed by atoms with Crippen LogP contribution in [-0.2, 0) is 10.0 Å². The lowest BCUT2D eigenvalue weighted by atomic mass is 10.1. The van der Waals surface area contributed by atoms with Crippen molar-refractivity contribution in [3.8, 4) is 11.5 Å². The highest BCUT2D eigenvalue weighted by Gasteiger charge is 2.23. The average Bonchev–Trinajstić information content (AvgIpc) is 2.79. The summed E-state index contributed by atoms with van der Waals surface area (Å²) in [5, 5.41) is 3.04. The van der Waals surface area contributed by atoms with Crippen molar-refractivity contribution >= 4 is 50.5 Å². The molecule has 4 rings (SSSR count). The van der Waals surface area contributed by atoms with E-state index in [-0.39, 0.29) is 26.2 Å². The number of halogens is 2. The van der Waals surface area contributed by atoms with Crippen LogP contribution < -0.4 is 14.8 Å². The summed E-state index contributed by atoms with van der Waals surface area (Å²) in [6.07, 6.45) is 0. The van der Waals surface area contributed by atoms with Crippen molar-refractivity contribution in [1.82, 2.24) is 0 Å². The van der Waals surface area contributed by atoms with E-state index in [9.17, 15) is 13.2 Å². The molecule has 29 heavy (non-hydrogen) atoms.